The molecule has 0 saturated heterocycles. The molecule has 10 heteroatoms. The van der Waals surface area contributed by atoms with Crippen molar-refractivity contribution in [2.24, 2.45) is 0 Å². The Kier molecular flexibility index (Phi) is 7.83. The van der Waals surface area contributed by atoms with Crippen LogP contribution < -0.4 is 10.6 Å². The van der Waals surface area contributed by atoms with Crippen LogP contribution >= 0.6 is 44.8 Å². The Morgan fingerprint density at radius 3 is 1.24 bits per heavy atom. The highest BCUT2D eigenvalue weighted by Crippen LogP contribution is 2.29. The van der Waals surface area contributed by atoms with Gasteiger partial charge >= 0.3 is 0 Å². The van der Waals surface area contributed by atoms with Gasteiger partial charge in [-0.05, 0) is 0 Å². The van der Waals surface area contributed by atoms with Gasteiger partial charge in [-0.25, -0.2) is 0 Å². The third-order valence-corrected chi connectivity index (χ3v) is 8.31. The lowest BCUT2D eigenvalue weighted by molar-refractivity contribution is 0.0975. The average Bonchev–Trinajstić information content (AvgIpc) is 2.86. The fourth-order valence-corrected chi connectivity index (χ4v) is 5.88. The van der Waals surface area contributed by atoms with Crippen molar-refractivity contribution in [2.75, 3.05) is 24.6 Å². The number of benzene rings is 2. The summed E-state index contributed by atoms with van der Waals surface area (Å²) in [5.74, 6) is -0.00988. The number of halogens is 2. The molecular formula is C24H18Cl2N2O4S2. The van der Waals surface area contributed by atoms with E-state index in [-0.39, 0.29) is 44.6 Å². The van der Waals surface area contributed by atoms with Crippen LogP contribution in [0.3, 0.4) is 0 Å². The topological polar surface area (TPSA) is 92.3 Å². The van der Waals surface area contributed by atoms with E-state index in [2.05, 4.69) is 10.6 Å². The standard InChI is InChI=1S/C24H18Cl2N2O4S2/c25-17-19(23(31)15-7-3-1-5-13(15)21(17)29)27-9-11-33-34-12-10-28-20-18(26)22(30)14-6-2-4-8-16(14)24(20)32/h1-8,27-28H,9-12H2. The number of fused-ring (bicyclic) bond motifs is 2. The Morgan fingerprint density at radius 1 is 0.559 bits per heavy atom. The molecule has 0 radical (unpaired) electrons. The van der Waals surface area contributed by atoms with E-state index in [1.54, 1.807) is 70.1 Å². The minimum atomic E-state index is -0.362. The van der Waals surface area contributed by atoms with Gasteiger partial charge in [0.25, 0.3) is 0 Å². The van der Waals surface area contributed by atoms with Crippen LogP contribution in [0.1, 0.15) is 41.4 Å². The lowest BCUT2D eigenvalue weighted by Gasteiger charge is -2.19. The fourth-order valence-electron chi connectivity index (χ4n) is 3.56. The first kappa shape index (κ1) is 24.6. The Labute approximate surface area is 213 Å². The zero-order valence-corrected chi connectivity index (χ0v) is 20.8. The molecule has 34 heavy (non-hydrogen) atoms. The molecule has 2 aliphatic rings. The van der Waals surface area contributed by atoms with Gasteiger partial charge in [0.15, 0.2) is 0 Å². The van der Waals surface area contributed by atoms with Crippen molar-refractivity contribution < 1.29 is 19.2 Å². The number of hydrogen-bond acceptors (Lipinski definition) is 8. The summed E-state index contributed by atoms with van der Waals surface area (Å²) in [6.07, 6.45) is 0. The first-order valence-corrected chi connectivity index (χ1v) is 13.5. The molecule has 0 unspecified atom stereocenters. The minimum Gasteiger partial charge on any atom is -0.380 e. The molecule has 0 saturated carbocycles. The van der Waals surface area contributed by atoms with E-state index in [0.29, 0.717) is 46.8 Å². The number of nitrogens with one attached hydrogen (secondary N) is 2. The molecule has 0 amide bonds. The Balaban J connectivity index is 1.21. The average molecular weight is 533 g/mol. The van der Waals surface area contributed by atoms with E-state index in [1.165, 1.54) is 0 Å². The second-order valence-corrected chi connectivity index (χ2v) is 10.7. The Hall–Kier alpha value is -2.52. The molecule has 0 heterocycles. The summed E-state index contributed by atoms with van der Waals surface area (Å²) in [5, 5.41) is 5.78. The van der Waals surface area contributed by atoms with Gasteiger partial charge in [-0.2, -0.15) is 0 Å². The molecule has 2 N–H and O–H groups in total. The van der Waals surface area contributed by atoms with Crippen LogP contribution in [0.15, 0.2) is 70.0 Å². The summed E-state index contributed by atoms with van der Waals surface area (Å²) < 4.78 is 0. The van der Waals surface area contributed by atoms with Gasteiger partial charge < -0.3 is 10.6 Å². The van der Waals surface area contributed by atoms with Gasteiger partial charge in [0.1, 0.15) is 21.5 Å². The molecule has 0 aromatic heterocycles. The molecule has 174 valence electrons. The van der Waals surface area contributed by atoms with E-state index in [9.17, 15) is 19.2 Å². The number of ketones is 4. The summed E-state index contributed by atoms with van der Waals surface area (Å²) in [4.78, 5) is 50.1. The highest BCUT2D eigenvalue weighted by atomic mass is 35.5. The summed E-state index contributed by atoms with van der Waals surface area (Å²) in [6.45, 7) is 0.886. The van der Waals surface area contributed by atoms with Crippen molar-refractivity contribution in [2.45, 2.75) is 0 Å². The van der Waals surface area contributed by atoms with Crippen molar-refractivity contribution in [1.29, 1.82) is 0 Å². The normalized spacial score (nSPS) is 15.5. The van der Waals surface area contributed by atoms with Gasteiger partial charge in [0, 0.05) is 46.8 Å². The fraction of sp³-hybridized carbons (Fsp3) is 0.167. The van der Waals surface area contributed by atoms with Crippen molar-refractivity contribution in [1.82, 2.24) is 10.6 Å². The highest BCUT2D eigenvalue weighted by molar-refractivity contribution is 8.76. The molecule has 0 bridgehead atoms. The van der Waals surface area contributed by atoms with Gasteiger partial charge in [-0.1, -0.05) is 93.3 Å². The number of Topliss-reactive ketones (excluding diaryl/α,β-unsaturated/α-hetero) is 4. The lowest BCUT2D eigenvalue weighted by atomic mass is 9.92. The van der Waals surface area contributed by atoms with Gasteiger partial charge in [0.05, 0.1) is 0 Å². The van der Waals surface area contributed by atoms with Crippen molar-refractivity contribution in [3.05, 3.63) is 92.2 Å². The SMILES string of the molecule is O=C1C(Cl)=C(NCCSSCCNC2=C(Cl)C(=O)c3ccccc3C2=O)C(=O)c2ccccc21. The summed E-state index contributed by atoms with van der Waals surface area (Å²) >= 11 is 12.3. The second-order valence-electron chi connectivity index (χ2n) is 7.28. The van der Waals surface area contributed by atoms with E-state index in [4.69, 9.17) is 23.2 Å². The zero-order valence-electron chi connectivity index (χ0n) is 17.7. The number of carbonyl (C=O) groups is 4. The minimum absolute atomic E-state index is 0.0935. The first-order chi connectivity index (χ1) is 16.4. The summed E-state index contributed by atoms with van der Waals surface area (Å²) in [5.41, 5.74) is 1.58. The quantitative estimate of drug-likeness (QED) is 0.357. The van der Waals surface area contributed by atoms with Crippen LogP contribution in [0.2, 0.25) is 0 Å². The highest BCUT2D eigenvalue weighted by Gasteiger charge is 2.32. The van der Waals surface area contributed by atoms with Crippen LogP contribution in [0.5, 0.6) is 0 Å². The van der Waals surface area contributed by atoms with Gasteiger partial charge in [-0.3, -0.25) is 19.2 Å². The number of rotatable bonds is 9. The van der Waals surface area contributed by atoms with Crippen LogP contribution in [-0.2, 0) is 0 Å². The number of carbonyl (C=O) groups excluding carboxylic acids is 4. The maximum atomic E-state index is 12.6. The van der Waals surface area contributed by atoms with E-state index in [0.717, 1.165) is 0 Å². The second kappa shape index (κ2) is 10.8. The number of allylic oxidation sites excluding steroid dienone is 4. The van der Waals surface area contributed by atoms with Crippen LogP contribution in [0, 0.1) is 0 Å². The van der Waals surface area contributed by atoms with Crippen LogP contribution in [0.25, 0.3) is 0 Å². The molecule has 6 nitrogen and oxygen atoms in total. The molecule has 0 fully saturated rings. The molecule has 4 rings (SSSR count). The van der Waals surface area contributed by atoms with Crippen LogP contribution in [-0.4, -0.2) is 47.7 Å². The molecule has 0 aliphatic heterocycles. The molecule has 2 aromatic carbocycles. The first-order valence-electron chi connectivity index (χ1n) is 10.3. The van der Waals surface area contributed by atoms with Crippen molar-refractivity contribution >= 4 is 67.9 Å². The van der Waals surface area contributed by atoms with Crippen molar-refractivity contribution in [3.63, 3.8) is 0 Å². The third-order valence-electron chi connectivity index (χ3n) is 5.18. The smallest absolute Gasteiger partial charge is 0.211 e. The Bertz CT molecular complexity index is 1180. The molecular weight excluding hydrogens is 515 g/mol. The monoisotopic (exact) mass is 532 g/mol. The third kappa shape index (κ3) is 4.81. The molecule has 0 atom stereocenters. The van der Waals surface area contributed by atoms with E-state index in [1.807, 2.05) is 0 Å². The van der Waals surface area contributed by atoms with Gasteiger partial charge in [-0.15, -0.1) is 0 Å². The lowest BCUT2D eigenvalue weighted by Crippen LogP contribution is -2.30. The zero-order chi connectivity index (χ0) is 24.2. The number of hydrogen-bond donors (Lipinski definition) is 2. The predicted octanol–water partition coefficient (Wildman–Crippen LogP) is 4.61. The largest absolute Gasteiger partial charge is 0.380 e. The summed E-state index contributed by atoms with van der Waals surface area (Å²) in [6, 6.07) is 13.2. The molecule has 2 aliphatic carbocycles. The Morgan fingerprint density at radius 2 is 0.882 bits per heavy atom. The maximum absolute atomic E-state index is 12.6. The van der Waals surface area contributed by atoms with Crippen LogP contribution in [0.4, 0.5) is 0 Å². The maximum Gasteiger partial charge on any atom is 0.211 e. The van der Waals surface area contributed by atoms with E-state index < -0.39 is 0 Å². The van der Waals surface area contributed by atoms with E-state index >= 15 is 0 Å². The van der Waals surface area contributed by atoms with Gasteiger partial charge in [0.2, 0.25) is 23.1 Å². The summed E-state index contributed by atoms with van der Waals surface area (Å²) in [7, 11) is 3.12. The van der Waals surface area contributed by atoms with Crippen molar-refractivity contribution in [3.8, 4) is 0 Å². The predicted molar refractivity (Wildman–Crippen MR) is 137 cm³/mol. The molecule has 0 spiro atoms. The molecule has 2 aromatic rings.